The number of ether oxygens (including phenoxy) is 1. The van der Waals surface area contributed by atoms with Gasteiger partial charge in [-0.05, 0) is 19.1 Å². The van der Waals surface area contributed by atoms with Crippen LogP contribution in [0, 0.1) is 6.92 Å². The van der Waals surface area contributed by atoms with Gasteiger partial charge >= 0.3 is 0 Å². The van der Waals surface area contributed by atoms with E-state index < -0.39 is 0 Å². The van der Waals surface area contributed by atoms with Crippen molar-refractivity contribution >= 4 is 29.1 Å². The van der Waals surface area contributed by atoms with Gasteiger partial charge < -0.3 is 10.1 Å². The quantitative estimate of drug-likeness (QED) is 0.589. The molecule has 0 spiro atoms. The van der Waals surface area contributed by atoms with Gasteiger partial charge in [-0.1, -0.05) is 11.6 Å². The fraction of sp³-hybridized carbons (Fsp3) is 0.167. The van der Waals surface area contributed by atoms with E-state index in [-0.39, 0.29) is 0 Å². The van der Waals surface area contributed by atoms with Gasteiger partial charge in [-0.2, -0.15) is 4.98 Å². The Hall–Kier alpha value is -2.05. The van der Waals surface area contributed by atoms with Crippen molar-refractivity contribution in [2.24, 2.45) is 5.84 Å². The summed E-state index contributed by atoms with van der Waals surface area (Å²) in [5, 5.41) is 3.67. The highest BCUT2D eigenvalue weighted by molar-refractivity contribution is 6.33. The maximum absolute atomic E-state index is 6.11. The Labute approximate surface area is 115 Å². The second-order valence-electron chi connectivity index (χ2n) is 3.83. The Kier molecular flexibility index (Phi) is 4.03. The van der Waals surface area contributed by atoms with Gasteiger partial charge in [0.25, 0.3) is 0 Å². The van der Waals surface area contributed by atoms with Gasteiger partial charge in [0.2, 0.25) is 5.95 Å². The third-order valence-electron chi connectivity index (χ3n) is 2.42. The van der Waals surface area contributed by atoms with Crippen LogP contribution in [0.1, 0.15) is 5.69 Å². The Morgan fingerprint density at radius 2 is 2.05 bits per heavy atom. The lowest BCUT2D eigenvalue weighted by Crippen LogP contribution is -2.11. The Balaban J connectivity index is 2.32. The number of anilines is 3. The molecule has 0 radical (unpaired) electrons. The predicted octanol–water partition coefficient (Wildman–Crippen LogP) is 2.48. The molecule has 0 aliphatic carbocycles. The summed E-state index contributed by atoms with van der Waals surface area (Å²) in [6.45, 7) is 1.85. The lowest BCUT2D eigenvalue weighted by molar-refractivity contribution is 0.415. The van der Waals surface area contributed by atoms with E-state index in [1.54, 1.807) is 31.4 Å². The Morgan fingerprint density at radius 1 is 1.26 bits per heavy atom. The van der Waals surface area contributed by atoms with Crippen molar-refractivity contribution in [2.45, 2.75) is 6.92 Å². The normalized spacial score (nSPS) is 10.1. The SMILES string of the molecule is COc1ccc(Cl)c(Nc2cc(C)nc(NN)n2)c1. The first kappa shape index (κ1) is 13.4. The van der Waals surface area contributed by atoms with Crippen LogP contribution in [0.4, 0.5) is 17.5 Å². The monoisotopic (exact) mass is 279 g/mol. The third kappa shape index (κ3) is 3.24. The van der Waals surface area contributed by atoms with E-state index in [9.17, 15) is 0 Å². The van der Waals surface area contributed by atoms with Crippen molar-refractivity contribution in [1.82, 2.24) is 9.97 Å². The van der Waals surface area contributed by atoms with Crippen molar-refractivity contribution < 1.29 is 4.74 Å². The fourth-order valence-corrected chi connectivity index (χ4v) is 1.73. The number of nitrogens with two attached hydrogens (primary N) is 1. The predicted molar refractivity (Wildman–Crippen MR) is 75.9 cm³/mol. The summed E-state index contributed by atoms with van der Waals surface area (Å²) < 4.78 is 5.15. The molecule has 0 saturated heterocycles. The highest BCUT2D eigenvalue weighted by Crippen LogP contribution is 2.29. The summed E-state index contributed by atoms with van der Waals surface area (Å²) in [7, 11) is 1.60. The fourth-order valence-electron chi connectivity index (χ4n) is 1.56. The van der Waals surface area contributed by atoms with E-state index in [0.29, 0.717) is 28.2 Å². The van der Waals surface area contributed by atoms with Gasteiger partial charge in [0.1, 0.15) is 11.6 Å². The van der Waals surface area contributed by atoms with Crippen LogP contribution in [0.3, 0.4) is 0 Å². The van der Waals surface area contributed by atoms with Crippen LogP contribution < -0.4 is 21.3 Å². The van der Waals surface area contributed by atoms with Crippen molar-refractivity contribution in [2.75, 3.05) is 17.9 Å². The number of rotatable bonds is 4. The standard InChI is InChI=1S/C12H14ClN5O/c1-7-5-11(17-12(15-7)18-14)16-10-6-8(19-2)3-4-9(10)13/h3-6H,14H2,1-2H3,(H2,15,16,17,18). The molecule has 1 heterocycles. The zero-order chi connectivity index (χ0) is 13.8. The first-order valence-electron chi connectivity index (χ1n) is 5.55. The van der Waals surface area contributed by atoms with Crippen LogP contribution in [0.5, 0.6) is 5.75 Å². The zero-order valence-corrected chi connectivity index (χ0v) is 11.3. The Morgan fingerprint density at radius 3 is 2.74 bits per heavy atom. The average molecular weight is 280 g/mol. The van der Waals surface area contributed by atoms with Gasteiger partial charge in [0.15, 0.2) is 0 Å². The smallest absolute Gasteiger partial charge is 0.239 e. The van der Waals surface area contributed by atoms with E-state index in [0.717, 1.165) is 5.69 Å². The molecule has 100 valence electrons. The van der Waals surface area contributed by atoms with Crippen molar-refractivity contribution in [1.29, 1.82) is 0 Å². The summed E-state index contributed by atoms with van der Waals surface area (Å²) in [4.78, 5) is 8.29. The molecule has 7 heteroatoms. The maximum atomic E-state index is 6.11. The number of halogens is 1. The molecule has 0 amide bonds. The largest absolute Gasteiger partial charge is 0.497 e. The number of aryl methyl sites for hydroxylation is 1. The number of nitrogens with one attached hydrogen (secondary N) is 2. The molecule has 1 aromatic heterocycles. The van der Waals surface area contributed by atoms with Crippen molar-refractivity contribution in [3.63, 3.8) is 0 Å². The van der Waals surface area contributed by atoms with Gasteiger partial charge in [0.05, 0.1) is 17.8 Å². The van der Waals surface area contributed by atoms with E-state index in [2.05, 4.69) is 20.7 Å². The molecule has 19 heavy (non-hydrogen) atoms. The molecule has 2 aromatic rings. The average Bonchev–Trinajstić information content (AvgIpc) is 2.40. The molecule has 4 N–H and O–H groups in total. The molecule has 0 fully saturated rings. The number of hydrogen-bond acceptors (Lipinski definition) is 6. The molecule has 2 rings (SSSR count). The summed E-state index contributed by atoms with van der Waals surface area (Å²) in [5.41, 5.74) is 3.89. The number of hydrogen-bond donors (Lipinski definition) is 3. The number of hydrazine groups is 1. The lowest BCUT2D eigenvalue weighted by Gasteiger charge is -2.10. The second kappa shape index (κ2) is 5.73. The molecule has 0 aliphatic heterocycles. The Bertz CT molecular complexity index is 590. The highest BCUT2D eigenvalue weighted by Gasteiger charge is 2.06. The number of aromatic nitrogens is 2. The highest BCUT2D eigenvalue weighted by atomic mass is 35.5. The zero-order valence-electron chi connectivity index (χ0n) is 10.6. The first-order valence-corrected chi connectivity index (χ1v) is 5.93. The summed E-state index contributed by atoms with van der Waals surface area (Å²) in [5.74, 6) is 6.94. The number of nitrogen functional groups attached to an aromatic ring is 1. The van der Waals surface area contributed by atoms with Crippen LogP contribution >= 0.6 is 11.6 Å². The van der Waals surface area contributed by atoms with Gasteiger partial charge in [-0.15, -0.1) is 0 Å². The van der Waals surface area contributed by atoms with Gasteiger partial charge in [0, 0.05) is 17.8 Å². The maximum Gasteiger partial charge on any atom is 0.239 e. The number of methoxy groups -OCH3 is 1. The van der Waals surface area contributed by atoms with Crippen molar-refractivity contribution in [3.8, 4) is 5.75 Å². The van der Waals surface area contributed by atoms with E-state index >= 15 is 0 Å². The second-order valence-corrected chi connectivity index (χ2v) is 4.24. The van der Waals surface area contributed by atoms with E-state index in [1.807, 2.05) is 6.92 Å². The molecule has 0 atom stereocenters. The molecule has 0 aliphatic rings. The number of nitrogens with zero attached hydrogens (tertiary/aromatic N) is 2. The molecule has 6 nitrogen and oxygen atoms in total. The minimum Gasteiger partial charge on any atom is -0.497 e. The molecule has 0 unspecified atom stereocenters. The van der Waals surface area contributed by atoms with E-state index in [1.165, 1.54) is 0 Å². The minimum absolute atomic E-state index is 0.335. The van der Waals surface area contributed by atoms with Crippen LogP contribution in [0.2, 0.25) is 5.02 Å². The molecule has 1 aromatic carbocycles. The molecule has 0 saturated carbocycles. The molecule has 0 bridgehead atoms. The molecular weight excluding hydrogens is 266 g/mol. The van der Waals surface area contributed by atoms with Gasteiger partial charge in [-0.25, -0.2) is 10.8 Å². The topological polar surface area (TPSA) is 85.1 Å². The van der Waals surface area contributed by atoms with Crippen LogP contribution in [0.15, 0.2) is 24.3 Å². The number of benzene rings is 1. The summed E-state index contributed by atoms with van der Waals surface area (Å²) in [6.07, 6.45) is 0. The van der Waals surface area contributed by atoms with Crippen molar-refractivity contribution in [3.05, 3.63) is 35.0 Å². The van der Waals surface area contributed by atoms with Crippen LogP contribution in [-0.2, 0) is 0 Å². The van der Waals surface area contributed by atoms with E-state index in [4.69, 9.17) is 22.2 Å². The lowest BCUT2D eigenvalue weighted by atomic mass is 10.3. The van der Waals surface area contributed by atoms with Gasteiger partial charge in [-0.3, -0.25) is 5.43 Å². The first-order chi connectivity index (χ1) is 9.12. The minimum atomic E-state index is 0.335. The van der Waals surface area contributed by atoms with Crippen LogP contribution in [-0.4, -0.2) is 17.1 Å². The third-order valence-corrected chi connectivity index (χ3v) is 2.75. The summed E-state index contributed by atoms with van der Waals surface area (Å²) in [6, 6.07) is 7.11. The molecular formula is C12H14ClN5O. The summed E-state index contributed by atoms with van der Waals surface area (Å²) >= 11 is 6.11. The van der Waals surface area contributed by atoms with Crippen LogP contribution in [0.25, 0.3) is 0 Å².